The predicted molar refractivity (Wildman–Crippen MR) is 109 cm³/mol. The largest absolute Gasteiger partial charge is 0.355 e. The van der Waals surface area contributed by atoms with E-state index < -0.39 is 0 Å². The van der Waals surface area contributed by atoms with Crippen LogP contribution in [-0.4, -0.2) is 46.3 Å². The van der Waals surface area contributed by atoms with Gasteiger partial charge < -0.3 is 14.8 Å². The molecule has 1 aromatic heterocycles. The Morgan fingerprint density at radius 3 is 2.85 bits per heavy atom. The van der Waals surface area contributed by atoms with E-state index in [2.05, 4.69) is 35.0 Å². The van der Waals surface area contributed by atoms with E-state index in [0.717, 1.165) is 42.4 Å². The maximum atomic E-state index is 13.2. The smallest absolute Gasteiger partial charge is 0.242 e. The third kappa shape index (κ3) is 4.46. The van der Waals surface area contributed by atoms with Crippen molar-refractivity contribution >= 4 is 34.3 Å². The first-order valence-electron chi connectivity index (χ1n) is 9.68. The number of hydrogen-bond donors (Lipinski definition) is 1. The van der Waals surface area contributed by atoms with Crippen molar-refractivity contribution in [1.82, 2.24) is 14.8 Å². The number of aromatic nitrogens is 1. The fourth-order valence-electron chi connectivity index (χ4n) is 4.19. The van der Waals surface area contributed by atoms with Crippen molar-refractivity contribution in [3.05, 3.63) is 36.0 Å². The molecule has 1 fully saturated rings. The van der Waals surface area contributed by atoms with Gasteiger partial charge in [0.05, 0.1) is 0 Å². The van der Waals surface area contributed by atoms with Gasteiger partial charge in [-0.15, -0.1) is 11.6 Å². The second-order valence-electron chi connectivity index (χ2n) is 7.48. The van der Waals surface area contributed by atoms with Crippen molar-refractivity contribution in [2.45, 2.75) is 45.7 Å². The third-order valence-corrected chi connectivity index (χ3v) is 5.87. The number of para-hydroxylation sites is 1. The summed E-state index contributed by atoms with van der Waals surface area (Å²) < 4.78 is 2.10. The molecule has 6 heteroatoms. The molecule has 0 bridgehead atoms. The first-order valence-corrected chi connectivity index (χ1v) is 10.2. The molecule has 1 aromatic carbocycles. The topological polar surface area (TPSA) is 54.3 Å². The number of piperidine rings is 1. The van der Waals surface area contributed by atoms with Crippen molar-refractivity contribution in [1.29, 1.82) is 0 Å². The van der Waals surface area contributed by atoms with Crippen molar-refractivity contribution in [3.63, 3.8) is 0 Å². The lowest BCUT2D eigenvalue weighted by Gasteiger charge is -2.40. The van der Waals surface area contributed by atoms with Gasteiger partial charge in [-0.05, 0) is 49.6 Å². The number of hydrogen-bond acceptors (Lipinski definition) is 2. The summed E-state index contributed by atoms with van der Waals surface area (Å²) in [6.07, 6.45) is 2.91. The van der Waals surface area contributed by atoms with Crippen molar-refractivity contribution in [3.8, 4) is 0 Å². The summed E-state index contributed by atoms with van der Waals surface area (Å²) in [4.78, 5) is 26.6. The highest BCUT2D eigenvalue weighted by Gasteiger charge is 2.31. The molecule has 0 radical (unpaired) electrons. The van der Waals surface area contributed by atoms with E-state index in [0.29, 0.717) is 19.0 Å². The molecule has 2 amide bonds. The first kappa shape index (κ1) is 19.7. The van der Waals surface area contributed by atoms with Gasteiger partial charge in [0.1, 0.15) is 12.4 Å². The van der Waals surface area contributed by atoms with Crippen molar-refractivity contribution < 1.29 is 9.59 Å². The molecule has 2 aromatic rings. The molecule has 2 unspecified atom stereocenters. The molecule has 146 valence electrons. The number of alkyl halides is 1. The highest BCUT2D eigenvalue weighted by Crippen LogP contribution is 2.27. The van der Waals surface area contributed by atoms with E-state index >= 15 is 0 Å². The van der Waals surface area contributed by atoms with Crippen LogP contribution in [0.3, 0.4) is 0 Å². The maximum Gasteiger partial charge on any atom is 0.242 e. The van der Waals surface area contributed by atoms with Gasteiger partial charge >= 0.3 is 0 Å². The summed E-state index contributed by atoms with van der Waals surface area (Å²) in [6, 6.07) is 10.5. The number of aryl methyl sites for hydroxylation is 1. The Labute approximate surface area is 165 Å². The summed E-state index contributed by atoms with van der Waals surface area (Å²) in [6.45, 7) is 5.94. The molecule has 27 heavy (non-hydrogen) atoms. The minimum absolute atomic E-state index is 0.0250. The van der Waals surface area contributed by atoms with E-state index in [4.69, 9.17) is 11.6 Å². The number of rotatable bonds is 6. The van der Waals surface area contributed by atoms with E-state index in [1.807, 2.05) is 24.0 Å². The predicted octanol–water partition coefficient (Wildman–Crippen LogP) is 3.32. The number of nitrogens with zero attached hydrogens (tertiary/aromatic N) is 2. The van der Waals surface area contributed by atoms with E-state index in [9.17, 15) is 9.59 Å². The molecule has 2 heterocycles. The molecule has 0 saturated carbocycles. The minimum atomic E-state index is -0.160. The zero-order valence-electron chi connectivity index (χ0n) is 16.1. The minimum Gasteiger partial charge on any atom is -0.355 e. The molecule has 3 rings (SSSR count). The van der Waals surface area contributed by atoms with Crippen molar-refractivity contribution in [2.75, 3.05) is 19.0 Å². The van der Waals surface area contributed by atoms with Crippen molar-refractivity contribution in [2.24, 2.45) is 5.92 Å². The number of carbonyl (C=O) groups excluding carboxylic acids is 2. The Morgan fingerprint density at radius 1 is 1.30 bits per heavy atom. The van der Waals surface area contributed by atoms with Crippen LogP contribution in [0.25, 0.3) is 10.9 Å². The van der Waals surface area contributed by atoms with Gasteiger partial charge in [-0.25, -0.2) is 0 Å². The number of carbonyl (C=O) groups is 2. The van der Waals surface area contributed by atoms with Crippen LogP contribution >= 0.6 is 11.6 Å². The zero-order chi connectivity index (χ0) is 19.4. The van der Waals surface area contributed by atoms with Crippen LogP contribution < -0.4 is 5.32 Å². The molecule has 2 atom stereocenters. The normalized spacial score (nSPS) is 20.0. The van der Waals surface area contributed by atoms with Gasteiger partial charge in [-0.1, -0.05) is 25.1 Å². The fourth-order valence-corrected chi connectivity index (χ4v) is 4.28. The van der Waals surface area contributed by atoms with Gasteiger partial charge in [0.2, 0.25) is 11.8 Å². The lowest BCUT2D eigenvalue weighted by molar-refractivity contribution is -0.137. The number of amides is 2. The summed E-state index contributed by atoms with van der Waals surface area (Å²) >= 11 is 5.54. The monoisotopic (exact) mass is 389 g/mol. The molecule has 5 nitrogen and oxygen atoms in total. The molecule has 0 aliphatic carbocycles. The van der Waals surface area contributed by atoms with Crippen LogP contribution in [0.15, 0.2) is 30.3 Å². The fraction of sp³-hybridized carbons (Fsp3) is 0.524. The molecule has 0 spiro atoms. The average Bonchev–Trinajstić information content (AvgIpc) is 2.98. The molecule has 1 N–H and O–H groups in total. The van der Waals surface area contributed by atoms with Crippen LogP contribution in [0.5, 0.6) is 0 Å². The Bertz CT molecular complexity index is 817. The van der Waals surface area contributed by atoms with Gasteiger partial charge in [0, 0.05) is 30.3 Å². The van der Waals surface area contributed by atoms with E-state index in [1.165, 1.54) is 0 Å². The Kier molecular flexibility index (Phi) is 6.42. The number of halogens is 1. The van der Waals surface area contributed by atoms with Crippen LogP contribution in [0.4, 0.5) is 0 Å². The molecule has 1 saturated heterocycles. The van der Waals surface area contributed by atoms with Crippen LogP contribution in [0.2, 0.25) is 0 Å². The van der Waals surface area contributed by atoms with E-state index in [1.54, 1.807) is 0 Å². The highest BCUT2D eigenvalue weighted by molar-refractivity contribution is 6.27. The maximum absolute atomic E-state index is 13.2. The SMILES string of the molecule is Cc1cc2ccccc2n1CC(=O)N1CCCC(C)C1CCNC(=O)CCl. The molecular weight excluding hydrogens is 362 g/mol. The Hall–Kier alpha value is -2.01. The number of nitrogens with one attached hydrogen (secondary N) is 1. The number of likely N-dealkylation sites (tertiary alicyclic amines) is 1. The summed E-state index contributed by atoms with van der Waals surface area (Å²) in [5, 5.41) is 3.99. The first-order chi connectivity index (χ1) is 13.0. The van der Waals surface area contributed by atoms with Gasteiger partial charge in [-0.3, -0.25) is 9.59 Å². The van der Waals surface area contributed by atoms with Crippen LogP contribution in [0, 0.1) is 12.8 Å². The molecule has 1 aliphatic rings. The quantitative estimate of drug-likeness (QED) is 0.770. The second-order valence-corrected chi connectivity index (χ2v) is 7.74. The van der Waals surface area contributed by atoms with E-state index in [-0.39, 0.29) is 23.7 Å². The van der Waals surface area contributed by atoms with Gasteiger partial charge in [0.15, 0.2) is 0 Å². The van der Waals surface area contributed by atoms with Gasteiger partial charge in [-0.2, -0.15) is 0 Å². The lowest BCUT2D eigenvalue weighted by Crippen LogP contribution is -2.50. The summed E-state index contributed by atoms with van der Waals surface area (Å²) in [5.41, 5.74) is 2.19. The molecular formula is C21H28ClN3O2. The summed E-state index contributed by atoms with van der Waals surface area (Å²) in [7, 11) is 0. The Morgan fingerprint density at radius 2 is 2.07 bits per heavy atom. The zero-order valence-corrected chi connectivity index (χ0v) is 16.8. The van der Waals surface area contributed by atoms with Gasteiger partial charge in [0.25, 0.3) is 0 Å². The lowest BCUT2D eigenvalue weighted by atomic mass is 9.88. The summed E-state index contributed by atoms with van der Waals surface area (Å²) in [5.74, 6) is 0.397. The highest BCUT2D eigenvalue weighted by atomic mass is 35.5. The van der Waals surface area contributed by atoms with Crippen LogP contribution in [-0.2, 0) is 16.1 Å². The standard InChI is InChI=1S/C21H28ClN3O2/c1-15-6-5-11-24(18(15)9-10-23-20(26)13-22)21(27)14-25-16(2)12-17-7-3-4-8-19(17)25/h3-4,7-8,12,15,18H,5-6,9-11,13-14H2,1-2H3,(H,23,26). The molecule has 1 aliphatic heterocycles. The second kappa shape index (κ2) is 8.79. The third-order valence-electron chi connectivity index (χ3n) is 5.63. The Balaban J connectivity index is 1.72. The van der Waals surface area contributed by atoms with Crippen LogP contribution in [0.1, 0.15) is 31.9 Å². The number of fused-ring (bicyclic) bond motifs is 1. The average molecular weight is 390 g/mol. The number of benzene rings is 1.